The summed E-state index contributed by atoms with van der Waals surface area (Å²) in [6.07, 6.45) is -28.2. The molecule has 0 aromatic heterocycles. The summed E-state index contributed by atoms with van der Waals surface area (Å²) in [5.74, 6) is 0.969. The number of rotatable bonds is 41. The fraction of sp³-hybridized carbons (Fsp3) is 0.986. The Morgan fingerprint density at radius 3 is 1.34 bits per heavy atom. The van der Waals surface area contributed by atoms with Crippen LogP contribution >= 0.6 is 0 Å². The Morgan fingerprint density at radius 2 is 0.850 bits per heavy atom. The molecular formula is C72H127NO34. The minimum Gasteiger partial charge on any atom is -0.394 e. The fourth-order valence-corrected chi connectivity index (χ4v) is 18.3. The number of nitrogens with one attached hydrogen (secondary N) is 1. The third-order valence-corrected chi connectivity index (χ3v) is 24.6. The Labute approximate surface area is 624 Å². The number of hydrogen-bond donors (Lipinski definition) is 20. The quantitative estimate of drug-likeness (QED) is 0.0254. The molecule has 36 atom stereocenters. The van der Waals surface area contributed by atoms with Crippen molar-refractivity contribution in [1.29, 1.82) is 0 Å². The molecule has 624 valence electrons. The predicted molar refractivity (Wildman–Crippen MR) is 366 cm³/mol. The third-order valence-electron chi connectivity index (χ3n) is 24.6. The zero-order valence-electron chi connectivity index (χ0n) is 61.9. The maximum Gasteiger partial charge on any atom is 0.220 e. The van der Waals surface area contributed by atoms with Gasteiger partial charge in [0.15, 0.2) is 31.5 Å². The first-order valence-electron chi connectivity index (χ1n) is 38.9. The average molecular weight is 1550 g/mol. The van der Waals surface area contributed by atoms with E-state index in [2.05, 4.69) is 26.1 Å². The van der Waals surface area contributed by atoms with Gasteiger partial charge in [0.2, 0.25) is 5.91 Å². The van der Waals surface area contributed by atoms with Gasteiger partial charge < -0.3 is 169 Å². The molecular weight excluding hydrogens is 1420 g/mol. The van der Waals surface area contributed by atoms with Crippen molar-refractivity contribution >= 4 is 5.91 Å². The monoisotopic (exact) mass is 1550 g/mol. The summed E-state index contributed by atoms with van der Waals surface area (Å²) in [6.45, 7) is 3.39. The van der Waals surface area contributed by atoms with E-state index in [4.69, 9.17) is 66.3 Å². The summed E-state index contributed by atoms with van der Waals surface area (Å²) in [5.41, 5.74) is -0.416. The van der Waals surface area contributed by atoms with Crippen LogP contribution in [0.3, 0.4) is 0 Å². The number of carbonyl (C=O) groups excluding carboxylic acids is 1. The highest BCUT2D eigenvalue weighted by atomic mass is 16.7. The van der Waals surface area contributed by atoms with E-state index in [0.717, 1.165) is 25.7 Å². The van der Waals surface area contributed by atoms with E-state index in [9.17, 15) is 102 Å². The van der Waals surface area contributed by atoms with Crippen molar-refractivity contribution in [3.8, 4) is 0 Å². The summed E-state index contributed by atoms with van der Waals surface area (Å²) in [6, 6.07) is 0. The molecule has 35 nitrogen and oxygen atoms in total. The Bertz CT molecular complexity index is 2560. The number of carbonyl (C=O) groups is 1. The Kier molecular flexibility index (Phi) is 35.1. The van der Waals surface area contributed by atoms with Crippen molar-refractivity contribution in [2.24, 2.45) is 46.3 Å². The van der Waals surface area contributed by atoms with Crippen LogP contribution in [0.15, 0.2) is 0 Å². The molecule has 9 fully saturated rings. The van der Waals surface area contributed by atoms with E-state index < -0.39 is 192 Å². The molecule has 0 radical (unpaired) electrons. The lowest BCUT2D eigenvalue weighted by Gasteiger charge is -2.63. The molecule has 20 N–H and O–H groups in total. The SMILES string of the molecule is C[C@H](CCC(=O)NCCCCCCO[C@H]1O[C@H](COCCCO[C@H]2O[C@H](CO)[C@@H](O)[C@H](O)[C@@H]2O)[C@@H](OCCCO[C@H]2O[C@H](CO)[C@@H](O)[C@H](O)[C@@H]2O)[C@H](OCCCO[C@H]2O[C@H](CO)[C@@H](O)[C@H](O)[C@@H]2O)[C@H]1OCCCO[C@H]1O[C@H](CO)[C@@H](O)[C@H](O)[C@@H]1O)[C@H]1CC[C@H]2[C@@H]3[C@H](O)C[C@@H]4C[C@H](O)CC[C@]4(C)[C@H]3C[C@H](O)[C@]12C. The highest BCUT2D eigenvalue weighted by Gasteiger charge is 2.66. The second-order valence-corrected chi connectivity index (χ2v) is 31.5. The van der Waals surface area contributed by atoms with Gasteiger partial charge in [0.1, 0.15) is 122 Å². The molecule has 0 aromatic carbocycles. The predicted octanol–water partition coefficient (Wildman–Crippen LogP) is -5.22. The highest BCUT2D eigenvalue weighted by Crippen LogP contribution is 2.68. The summed E-state index contributed by atoms with van der Waals surface area (Å²) in [5, 5.41) is 202. The Balaban J connectivity index is 0.844. The lowest BCUT2D eigenvalue weighted by atomic mass is 9.43. The van der Waals surface area contributed by atoms with Crippen molar-refractivity contribution in [3.63, 3.8) is 0 Å². The number of unbranched alkanes of at least 4 members (excludes halogenated alkanes) is 3. The first-order chi connectivity index (χ1) is 51.2. The summed E-state index contributed by atoms with van der Waals surface area (Å²) < 4.78 is 84.6. The molecule has 0 spiro atoms. The number of fused-ring (bicyclic) bond motifs is 5. The van der Waals surface area contributed by atoms with Gasteiger partial charge in [-0.15, -0.1) is 0 Å². The minimum atomic E-state index is -1.71. The second kappa shape index (κ2) is 42.1. The van der Waals surface area contributed by atoms with Crippen LogP contribution in [0.1, 0.15) is 130 Å². The molecule has 0 bridgehead atoms. The number of amides is 1. The van der Waals surface area contributed by atoms with E-state index in [-0.39, 0.29) is 150 Å². The third kappa shape index (κ3) is 21.6. The Hall–Kier alpha value is -1.85. The first kappa shape index (κ1) is 89.1. The molecule has 5 heterocycles. The molecule has 5 aliphatic heterocycles. The first-order valence-corrected chi connectivity index (χ1v) is 38.9. The van der Waals surface area contributed by atoms with Crippen LogP contribution in [0.5, 0.6) is 0 Å². The fourth-order valence-electron chi connectivity index (χ4n) is 18.3. The van der Waals surface area contributed by atoms with E-state index in [1.807, 2.05) is 0 Å². The summed E-state index contributed by atoms with van der Waals surface area (Å²) in [4.78, 5) is 13.5. The largest absolute Gasteiger partial charge is 0.394 e. The topological polar surface area (TPSA) is 543 Å². The van der Waals surface area contributed by atoms with Crippen LogP contribution in [0, 0.1) is 46.3 Å². The van der Waals surface area contributed by atoms with Crippen LogP contribution in [0.25, 0.3) is 0 Å². The minimum absolute atomic E-state index is 0.00990. The Morgan fingerprint density at radius 1 is 0.430 bits per heavy atom. The molecule has 1 amide bonds. The highest BCUT2D eigenvalue weighted by molar-refractivity contribution is 5.75. The van der Waals surface area contributed by atoms with Crippen LogP contribution in [0.2, 0.25) is 0 Å². The normalized spacial score (nSPS) is 44.8. The van der Waals surface area contributed by atoms with Crippen molar-refractivity contribution in [2.45, 2.75) is 302 Å². The molecule has 107 heavy (non-hydrogen) atoms. The van der Waals surface area contributed by atoms with Crippen molar-refractivity contribution < 1.29 is 168 Å². The van der Waals surface area contributed by atoms with Crippen LogP contribution in [0.4, 0.5) is 0 Å². The van der Waals surface area contributed by atoms with Crippen molar-refractivity contribution in [2.75, 3.05) is 99.0 Å². The zero-order chi connectivity index (χ0) is 77.4. The number of aliphatic hydroxyl groups is 19. The molecule has 0 aromatic rings. The van der Waals surface area contributed by atoms with Crippen molar-refractivity contribution in [1.82, 2.24) is 5.32 Å². The van der Waals surface area contributed by atoms with Crippen LogP contribution in [-0.4, -0.2) is 374 Å². The number of hydrogen-bond acceptors (Lipinski definition) is 34. The smallest absolute Gasteiger partial charge is 0.220 e. The lowest BCUT2D eigenvalue weighted by molar-refractivity contribution is -0.326. The molecule has 4 aliphatic carbocycles. The van der Waals surface area contributed by atoms with Crippen LogP contribution < -0.4 is 5.32 Å². The molecule has 9 aliphatic rings. The molecule has 0 unspecified atom stereocenters. The maximum absolute atomic E-state index is 13.5. The van der Waals surface area contributed by atoms with Gasteiger partial charge in [-0.05, 0) is 136 Å². The van der Waals surface area contributed by atoms with E-state index in [0.29, 0.717) is 64.3 Å². The molecule has 35 heteroatoms. The lowest BCUT2D eigenvalue weighted by Crippen LogP contribution is -2.62. The maximum atomic E-state index is 13.5. The van der Waals surface area contributed by atoms with Gasteiger partial charge in [-0.25, -0.2) is 0 Å². The van der Waals surface area contributed by atoms with Gasteiger partial charge in [-0.2, -0.15) is 0 Å². The van der Waals surface area contributed by atoms with Gasteiger partial charge in [-0.3, -0.25) is 4.79 Å². The second-order valence-electron chi connectivity index (χ2n) is 31.5. The van der Waals surface area contributed by atoms with Gasteiger partial charge in [0.25, 0.3) is 0 Å². The summed E-state index contributed by atoms with van der Waals surface area (Å²) >= 11 is 0. The van der Waals surface area contributed by atoms with Crippen molar-refractivity contribution in [3.05, 3.63) is 0 Å². The molecule has 9 rings (SSSR count). The zero-order valence-corrected chi connectivity index (χ0v) is 61.9. The van der Waals surface area contributed by atoms with Gasteiger partial charge in [0, 0.05) is 46.0 Å². The molecule has 4 saturated carbocycles. The number of ether oxygens (including phenoxy) is 14. The van der Waals surface area contributed by atoms with Gasteiger partial charge in [-0.1, -0.05) is 33.6 Å². The standard InChI is InChI=1S/C72H127NO34/c1-36(39-13-14-40-50-41(30-48(80)72(39,40)3)71(2)17-16-38(78)28-37(71)29-42(50)79)12-15-49(81)73-18-6-4-5-7-20-102-70-65(97-23-11-27-101-69-62(93)58(89)54(85)46(34-77)106-69)64(96-22-10-26-100-68-61(92)57(88)53(84)45(33-76)105-68)63(95-21-9-25-99-67-60(91)56(87)52(83)44(32-75)104-67)47(107-70)35-94-19-8-24-98-66-59(90)55(86)51(82)43(31-74)103-66/h36-48,50-70,74-80,82-93H,4-35H2,1-3H3,(H,73,81)/t36-,37+,38-,39-,40+,41+,42-,43-,44-,45-,46-,47-,48+,50+,51-,52-,53-,54-,55+,56+,57+,58+,59+,60+,61+,62+,63-,64+,65-,66+,67+,68+,69+,70+,71+,72-/m1/s1. The van der Waals surface area contributed by atoms with Gasteiger partial charge in [0.05, 0.1) is 77.8 Å². The van der Waals surface area contributed by atoms with E-state index in [1.165, 1.54) is 0 Å². The van der Waals surface area contributed by atoms with Gasteiger partial charge >= 0.3 is 0 Å². The summed E-state index contributed by atoms with van der Waals surface area (Å²) in [7, 11) is 0. The average Bonchev–Trinajstić information content (AvgIpc) is 1.65. The van der Waals surface area contributed by atoms with Crippen LogP contribution in [-0.2, 0) is 71.1 Å². The number of aliphatic hydroxyl groups excluding tert-OH is 19. The molecule has 5 saturated heterocycles. The van der Waals surface area contributed by atoms with E-state index >= 15 is 0 Å². The van der Waals surface area contributed by atoms with E-state index in [1.54, 1.807) is 0 Å².